The number of rotatable bonds is 5. The quantitative estimate of drug-likeness (QED) is 0.697. The lowest BCUT2D eigenvalue weighted by Gasteiger charge is -2.00. The van der Waals surface area contributed by atoms with Gasteiger partial charge in [-0.15, -0.1) is 22.7 Å². The van der Waals surface area contributed by atoms with Gasteiger partial charge in [-0.3, -0.25) is 4.79 Å². The second-order valence-corrected chi connectivity index (χ2v) is 7.00. The van der Waals surface area contributed by atoms with E-state index in [1.54, 1.807) is 11.3 Å². The van der Waals surface area contributed by atoms with Gasteiger partial charge in [-0.25, -0.2) is 4.98 Å². The summed E-state index contributed by atoms with van der Waals surface area (Å²) in [5.74, 6) is -0.00888. The third-order valence-electron chi connectivity index (χ3n) is 3.07. The summed E-state index contributed by atoms with van der Waals surface area (Å²) in [5.41, 5.74) is 1.83. The number of nitrogens with one attached hydrogen (secondary N) is 1. The van der Waals surface area contributed by atoms with E-state index in [2.05, 4.69) is 10.3 Å². The average molecular weight is 349 g/mol. The maximum atomic E-state index is 11.9. The molecule has 3 aromatic rings. The lowest BCUT2D eigenvalue weighted by molar-refractivity contribution is -0.116. The van der Waals surface area contributed by atoms with E-state index in [0.29, 0.717) is 16.6 Å². The molecule has 22 heavy (non-hydrogen) atoms. The van der Waals surface area contributed by atoms with Crippen LogP contribution in [0.3, 0.4) is 0 Å². The Morgan fingerprint density at radius 3 is 2.73 bits per heavy atom. The number of aromatic nitrogens is 1. The Morgan fingerprint density at radius 2 is 2.00 bits per heavy atom. The molecule has 1 amide bonds. The van der Waals surface area contributed by atoms with Gasteiger partial charge in [0, 0.05) is 27.3 Å². The third kappa shape index (κ3) is 3.94. The fraction of sp³-hybridized carbons (Fsp3) is 0.125. The third-order valence-corrected chi connectivity index (χ3v) is 5.01. The van der Waals surface area contributed by atoms with Crippen LogP contribution < -0.4 is 5.32 Å². The zero-order valence-electron chi connectivity index (χ0n) is 11.6. The van der Waals surface area contributed by atoms with E-state index in [9.17, 15) is 4.79 Å². The molecule has 0 saturated carbocycles. The minimum absolute atomic E-state index is 0.00888. The number of hydrogen-bond donors (Lipinski definition) is 1. The molecule has 0 aliphatic carbocycles. The summed E-state index contributed by atoms with van der Waals surface area (Å²) >= 11 is 8.97. The number of amides is 1. The molecular formula is C16H13ClN2OS2. The summed E-state index contributed by atoms with van der Waals surface area (Å²) in [6, 6.07) is 11.5. The Bertz CT molecular complexity index is 751. The van der Waals surface area contributed by atoms with Gasteiger partial charge in [-0.2, -0.15) is 0 Å². The molecule has 0 aliphatic heterocycles. The molecule has 1 N–H and O–H groups in total. The smallest absolute Gasteiger partial charge is 0.226 e. The Morgan fingerprint density at radius 1 is 1.18 bits per heavy atom. The molecule has 1 aromatic carbocycles. The maximum absolute atomic E-state index is 11.9. The highest BCUT2D eigenvalue weighted by Gasteiger charge is 2.08. The van der Waals surface area contributed by atoms with E-state index in [1.807, 2.05) is 47.2 Å². The zero-order valence-corrected chi connectivity index (χ0v) is 14.0. The summed E-state index contributed by atoms with van der Waals surface area (Å²) < 4.78 is 0. The van der Waals surface area contributed by atoms with Crippen molar-refractivity contribution in [1.29, 1.82) is 0 Å². The maximum Gasteiger partial charge on any atom is 0.226 e. The second-order valence-electron chi connectivity index (χ2n) is 4.67. The molecule has 3 rings (SSSR count). The molecule has 2 aromatic heterocycles. The highest BCUT2D eigenvalue weighted by atomic mass is 35.5. The normalized spacial score (nSPS) is 10.6. The monoisotopic (exact) mass is 348 g/mol. The van der Waals surface area contributed by atoms with Crippen molar-refractivity contribution in [2.45, 2.75) is 12.8 Å². The van der Waals surface area contributed by atoms with E-state index in [4.69, 9.17) is 11.6 Å². The number of carbonyl (C=O) groups is 1. The van der Waals surface area contributed by atoms with Crippen LogP contribution in [-0.2, 0) is 11.2 Å². The molecule has 112 valence electrons. The van der Waals surface area contributed by atoms with Gasteiger partial charge in [-0.05, 0) is 30.0 Å². The van der Waals surface area contributed by atoms with Gasteiger partial charge >= 0.3 is 0 Å². The zero-order chi connectivity index (χ0) is 15.4. The summed E-state index contributed by atoms with van der Waals surface area (Å²) in [5, 5.41) is 8.12. The molecule has 0 radical (unpaired) electrons. The molecule has 6 heteroatoms. The summed E-state index contributed by atoms with van der Waals surface area (Å²) in [6.07, 6.45) is 1.23. The van der Waals surface area contributed by atoms with Gasteiger partial charge in [0.25, 0.3) is 0 Å². The Kier molecular flexibility index (Phi) is 4.87. The largest absolute Gasteiger partial charge is 0.302 e. The van der Waals surface area contributed by atoms with Crippen molar-refractivity contribution < 1.29 is 4.79 Å². The van der Waals surface area contributed by atoms with Crippen LogP contribution in [0.15, 0.2) is 47.2 Å². The molecule has 0 bridgehead atoms. The molecule has 0 unspecified atom stereocenters. The molecule has 0 aliphatic rings. The van der Waals surface area contributed by atoms with Crippen LogP contribution >= 0.6 is 34.3 Å². The first-order chi connectivity index (χ1) is 10.7. The van der Waals surface area contributed by atoms with E-state index in [0.717, 1.165) is 17.7 Å². The number of aryl methyl sites for hydroxylation is 1. The fourth-order valence-corrected chi connectivity index (χ4v) is 3.53. The van der Waals surface area contributed by atoms with Crippen LogP contribution in [-0.4, -0.2) is 10.9 Å². The van der Waals surface area contributed by atoms with Crippen molar-refractivity contribution in [2.75, 3.05) is 5.32 Å². The number of hydrogen-bond acceptors (Lipinski definition) is 4. The predicted octanol–water partition coefficient (Wildman–Crippen LogP) is 5.10. The van der Waals surface area contributed by atoms with E-state index in [-0.39, 0.29) is 5.91 Å². The van der Waals surface area contributed by atoms with Crippen molar-refractivity contribution in [3.05, 3.63) is 57.1 Å². The van der Waals surface area contributed by atoms with Crippen molar-refractivity contribution in [3.63, 3.8) is 0 Å². The molecule has 2 heterocycles. The Hall–Kier alpha value is -1.69. The van der Waals surface area contributed by atoms with E-state index in [1.165, 1.54) is 16.2 Å². The first kappa shape index (κ1) is 15.2. The average Bonchev–Trinajstić information content (AvgIpc) is 3.17. The molecule has 0 spiro atoms. The van der Waals surface area contributed by atoms with Gasteiger partial charge < -0.3 is 5.32 Å². The van der Waals surface area contributed by atoms with Crippen LogP contribution in [0, 0.1) is 0 Å². The topological polar surface area (TPSA) is 42.0 Å². The Balaban J connectivity index is 1.59. The van der Waals surface area contributed by atoms with E-state index < -0.39 is 0 Å². The summed E-state index contributed by atoms with van der Waals surface area (Å²) in [7, 11) is 0. The predicted molar refractivity (Wildman–Crippen MR) is 93.8 cm³/mol. The number of halogens is 1. The van der Waals surface area contributed by atoms with E-state index >= 15 is 0 Å². The number of carbonyl (C=O) groups excluding carboxylic acids is 1. The van der Waals surface area contributed by atoms with Crippen molar-refractivity contribution in [3.8, 4) is 11.3 Å². The number of anilines is 1. The highest BCUT2D eigenvalue weighted by Crippen LogP contribution is 2.26. The molecular weight excluding hydrogens is 336 g/mol. The minimum Gasteiger partial charge on any atom is -0.302 e. The molecule has 0 fully saturated rings. The van der Waals surface area contributed by atoms with Crippen molar-refractivity contribution in [2.24, 2.45) is 0 Å². The van der Waals surface area contributed by atoms with Gasteiger partial charge in [0.05, 0.1) is 5.69 Å². The van der Waals surface area contributed by atoms with Gasteiger partial charge in [0.2, 0.25) is 5.91 Å². The standard InChI is InChI=1S/C16H13ClN2OS2/c17-12-5-3-11(4-6-12)14-10-22-16(18-14)19-15(20)8-7-13-2-1-9-21-13/h1-6,9-10H,7-8H2,(H,18,19,20). The second kappa shape index (κ2) is 7.05. The lowest BCUT2D eigenvalue weighted by Crippen LogP contribution is -2.11. The van der Waals surface area contributed by atoms with Gasteiger partial charge in [-0.1, -0.05) is 29.8 Å². The minimum atomic E-state index is -0.00888. The van der Waals surface area contributed by atoms with Gasteiger partial charge in [0.15, 0.2) is 5.13 Å². The van der Waals surface area contributed by atoms with Crippen molar-refractivity contribution in [1.82, 2.24) is 4.98 Å². The highest BCUT2D eigenvalue weighted by molar-refractivity contribution is 7.14. The number of nitrogens with zero attached hydrogens (tertiary/aromatic N) is 1. The van der Waals surface area contributed by atoms with Crippen LogP contribution in [0.1, 0.15) is 11.3 Å². The summed E-state index contributed by atoms with van der Waals surface area (Å²) in [6.45, 7) is 0. The molecule has 0 saturated heterocycles. The van der Waals surface area contributed by atoms with Crippen molar-refractivity contribution >= 4 is 45.3 Å². The van der Waals surface area contributed by atoms with Crippen LogP contribution in [0.4, 0.5) is 5.13 Å². The fourth-order valence-electron chi connectivity index (χ4n) is 1.96. The van der Waals surface area contributed by atoms with Crippen LogP contribution in [0.25, 0.3) is 11.3 Å². The van der Waals surface area contributed by atoms with Crippen LogP contribution in [0.5, 0.6) is 0 Å². The Labute approximate surface area is 141 Å². The number of thiazole rings is 1. The molecule has 3 nitrogen and oxygen atoms in total. The first-order valence-electron chi connectivity index (χ1n) is 6.74. The van der Waals surface area contributed by atoms with Crippen LogP contribution in [0.2, 0.25) is 5.02 Å². The number of benzene rings is 1. The number of thiophene rings is 1. The lowest BCUT2D eigenvalue weighted by atomic mass is 10.2. The summed E-state index contributed by atoms with van der Waals surface area (Å²) in [4.78, 5) is 17.6. The molecule has 0 atom stereocenters. The van der Waals surface area contributed by atoms with Gasteiger partial charge in [0.1, 0.15) is 0 Å². The first-order valence-corrected chi connectivity index (χ1v) is 8.88. The SMILES string of the molecule is O=C(CCc1cccs1)Nc1nc(-c2ccc(Cl)cc2)cs1.